The number of carbonyl (C=O) groups excluding carboxylic acids is 2. The van der Waals surface area contributed by atoms with Gasteiger partial charge in [-0.25, -0.2) is 4.79 Å². The summed E-state index contributed by atoms with van der Waals surface area (Å²) in [5.41, 5.74) is 1.73. The molecule has 27 heavy (non-hydrogen) atoms. The van der Waals surface area contributed by atoms with Gasteiger partial charge in [-0.15, -0.1) is 0 Å². The molecule has 1 saturated heterocycles. The average Bonchev–Trinajstić information content (AvgIpc) is 2.73. The van der Waals surface area contributed by atoms with E-state index >= 15 is 0 Å². The molecule has 3 amide bonds. The number of likely N-dealkylation sites (tertiary alicyclic amines) is 1. The number of nitrogens with zero attached hydrogens (tertiary/aromatic N) is 1. The van der Waals surface area contributed by atoms with Crippen molar-refractivity contribution < 1.29 is 9.59 Å². The molecule has 0 bridgehead atoms. The molecule has 0 saturated carbocycles. The molecular weight excluding hydrogens is 338 g/mol. The first kappa shape index (κ1) is 21.3. The number of hydrogen-bond donors (Lipinski definition) is 2. The van der Waals surface area contributed by atoms with Gasteiger partial charge in [-0.05, 0) is 49.3 Å². The number of amides is 3. The number of nitrogens with one attached hydrogen (secondary N) is 2. The minimum atomic E-state index is -0.126. The molecule has 0 aromatic heterocycles. The van der Waals surface area contributed by atoms with Gasteiger partial charge in [0.1, 0.15) is 0 Å². The molecule has 1 heterocycles. The van der Waals surface area contributed by atoms with Gasteiger partial charge in [0.25, 0.3) is 5.91 Å². The molecule has 5 heteroatoms. The van der Waals surface area contributed by atoms with Crippen LogP contribution in [0.5, 0.6) is 0 Å². The van der Waals surface area contributed by atoms with Crippen LogP contribution >= 0.6 is 0 Å². The zero-order chi connectivity index (χ0) is 19.5. The lowest BCUT2D eigenvalue weighted by molar-refractivity contribution is 0.0724. The zero-order valence-electron chi connectivity index (χ0n) is 16.9. The van der Waals surface area contributed by atoms with E-state index in [2.05, 4.69) is 24.5 Å². The summed E-state index contributed by atoms with van der Waals surface area (Å²) in [6.07, 6.45) is 8.07. The molecule has 2 rings (SSSR count). The van der Waals surface area contributed by atoms with Crippen LogP contribution < -0.4 is 10.6 Å². The lowest BCUT2D eigenvalue weighted by Crippen LogP contribution is -2.37. The SMILES string of the molecule is CCCC[C@@H](CC)CNC(=O)NCc1ccc(C(=O)N2CCCCC2)cc1. The van der Waals surface area contributed by atoms with E-state index in [0.717, 1.165) is 50.0 Å². The Morgan fingerprint density at radius 1 is 1.04 bits per heavy atom. The maximum absolute atomic E-state index is 12.5. The Bertz CT molecular complexity index is 580. The highest BCUT2D eigenvalue weighted by molar-refractivity contribution is 5.94. The van der Waals surface area contributed by atoms with E-state index in [9.17, 15) is 9.59 Å². The fourth-order valence-corrected chi connectivity index (χ4v) is 3.47. The fraction of sp³-hybridized carbons (Fsp3) is 0.636. The predicted molar refractivity (Wildman–Crippen MR) is 110 cm³/mol. The molecule has 1 fully saturated rings. The van der Waals surface area contributed by atoms with Crippen LogP contribution in [-0.4, -0.2) is 36.5 Å². The Balaban J connectivity index is 1.74. The summed E-state index contributed by atoms with van der Waals surface area (Å²) in [7, 11) is 0. The Morgan fingerprint density at radius 3 is 2.37 bits per heavy atom. The van der Waals surface area contributed by atoms with E-state index in [1.807, 2.05) is 29.2 Å². The molecule has 0 radical (unpaired) electrons. The second-order valence-corrected chi connectivity index (χ2v) is 7.53. The summed E-state index contributed by atoms with van der Waals surface area (Å²) in [6, 6.07) is 7.45. The average molecular weight is 374 g/mol. The molecule has 0 spiro atoms. The summed E-state index contributed by atoms with van der Waals surface area (Å²) in [6.45, 7) is 7.28. The van der Waals surface area contributed by atoms with E-state index in [1.165, 1.54) is 25.7 Å². The van der Waals surface area contributed by atoms with Crippen LogP contribution in [0.15, 0.2) is 24.3 Å². The van der Waals surface area contributed by atoms with Crippen molar-refractivity contribution in [2.75, 3.05) is 19.6 Å². The topological polar surface area (TPSA) is 61.4 Å². The smallest absolute Gasteiger partial charge is 0.315 e. The van der Waals surface area contributed by atoms with Crippen molar-refractivity contribution in [3.63, 3.8) is 0 Å². The fourth-order valence-electron chi connectivity index (χ4n) is 3.47. The number of carbonyl (C=O) groups is 2. The Morgan fingerprint density at radius 2 is 1.74 bits per heavy atom. The van der Waals surface area contributed by atoms with E-state index in [4.69, 9.17) is 0 Å². The highest BCUT2D eigenvalue weighted by Gasteiger charge is 2.17. The third-order valence-corrected chi connectivity index (χ3v) is 5.39. The summed E-state index contributed by atoms with van der Waals surface area (Å²) in [5.74, 6) is 0.667. The predicted octanol–water partition coefficient (Wildman–Crippen LogP) is 4.33. The minimum Gasteiger partial charge on any atom is -0.339 e. The third kappa shape index (κ3) is 7.24. The number of piperidine rings is 1. The summed E-state index contributed by atoms with van der Waals surface area (Å²) < 4.78 is 0. The van der Waals surface area contributed by atoms with Gasteiger partial charge in [-0.3, -0.25) is 4.79 Å². The first-order valence-electron chi connectivity index (χ1n) is 10.5. The monoisotopic (exact) mass is 373 g/mol. The summed E-state index contributed by atoms with van der Waals surface area (Å²) in [4.78, 5) is 26.4. The van der Waals surface area contributed by atoms with Crippen molar-refractivity contribution in [3.8, 4) is 0 Å². The van der Waals surface area contributed by atoms with Crippen LogP contribution in [0.4, 0.5) is 4.79 Å². The highest BCUT2D eigenvalue weighted by Crippen LogP contribution is 2.14. The van der Waals surface area contributed by atoms with E-state index in [0.29, 0.717) is 12.5 Å². The van der Waals surface area contributed by atoms with Crippen LogP contribution in [-0.2, 0) is 6.54 Å². The second kappa shape index (κ2) is 11.6. The largest absolute Gasteiger partial charge is 0.339 e. The quantitative estimate of drug-likeness (QED) is 0.677. The van der Waals surface area contributed by atoms with Gasteiger partial charge in [-0.1, -0.05) is 45.2 Å². The zero-order valence-corrected chi connectivity index (χ0v) is 16.9. The van der Waals surface area contributed by atoms with E-state index < -0.39 is 0 Å². The molecule has 5 nitrogen and oxygen atoms in total. The summed E-state index contributed by atoms with van der Waals surface area (Å²) in [5, 5.41) is 5.88. The molecule has 150 valence electrons. The summed E-state index contributed by atoms with van der Waals surface area (Å²) >= 11 is 0. The first-order valence-corrected chi connectivity index (χ1v) is 10.5. The van der Waals surface area contributed by atoms with Gasteiger partial charge in [0.05, 0.1) is 0 Å². The van der Waals surface area contributed by atoms with E-state index in [-0.39, 0.29) is 11.9 Å². The van der Waals surface area contributed by atoms with Crippen LogP contribution in [0, 0.1) is 5.92 Å². The van der Waals surface area contributed by atoms with Crippen molar-refractivity contribution in [2.45, 2.75) is 65.3 Å². The maximum Gasteiger partial charge on any atom is 0.315 e. The molecule has 1 aliphatic rings. The standard InChI is InChI=1S/C22H35N3O2/c1-3-5-9-18(4-2)16-23-22(27)24-17-19-10-12-20(13-11-19)21(26)25-14-7-6-8-15-25/h10-13,18H,3-9,14-17H2,1-2H3,(H2,23,24,27)/t18-/m1/s1. The number of hydrogen-bond acceptors (Lipinski definition) is 2. The number of unbranched alkanes of at least 4 members (excludes halogenated alkanes) is 1. The van der Waals surface area contributed by atoms with Gasteiger partial charge < -0.3 is 15.5 Å². The Hall–Kier alpha value is -2.04. The van der Waals surface area contributed by atoms with E-state index in [1.54, 1.807) is 0 Å². The Kier molecular flexibility index (Phi) is 9.16. The van der Waals surface area contributed by atoms with Crippen LogP contribution in [0.25, 0.3) is 0 Å². The van der Waals surface area contributed by atoms with Crippen molar-refractivity contribution in [2.24, 2.45) is 5.92 Å². The van der Waals surface area contributed by atoms with Gasteiger partial charge >= 0.3 is 6.03 Å². The van der Waals surface area contributed by atoms with Gasteiger partial charge in [-0.2, -0.15) is 0 Å². The number of benzene rings is 1. The molecule has 2 N–H and O–H groups in total. The number of urea groups is 1. The van der Waals surface area contributed by atoms with Gasteiger partial charge in [0.2, 0.25) is 0 Å². The second-order valence-electron chi connectivity index (χ2n) is 7.53. The highest BCUT2D eigenvalue weighted by atomic mass is 16.2. The van der Waals surface area contributed by atoms with Crippen LogP contribution in [0.1, 0.15) is 74.7 Å². The minimum absolute atomic E-state index is 0.115. The van der Waals surface area contributed by atoms with Crippen molar-refractivity contribution in [1.82, 2.24) is 15.5 Å². The third-order valence-electron chi connectivity index (χ3n) is 5.39. The van der Waals surface area contributed by atoms with Crippen molar-refractivity contribution in [3.05, 3.63) is 35.4 Å². The Labute approximate surface area is 163 Å². The molecule has 0 aliphatic carbocycles. The molecule has 1 aliphatic heterocycles. The molecule has 1 aromatic carbocycles. The number of rotatable bonds is 9. The van der Waals surface area contributed by atoms with Crippen LogP contribution in [0.2, 0.25) is 0 Å². The normalized spacial score (nSPS) is 15.3. The van der Waals surface area contributed by atoms with Gasteiger partial charge in [0, 0.05) is 31.7 Å². The van der Waals surface area contributed by atoms with Crippen molar-refractivity contribution >= 4 is 11.9 Å². The molecular formula is C22H35N3O2. The first-order chi connectivity index (χ1) is 13.1. The van der Waals surface area contributed by atoms with Gasteiger partial charge in [0.15, 0.2) is 0 Å². The lowest BCUT2D eigenvalue weighted by Gasteiger charge is -2.26. The molecule has 1 atom stereocenters. The maximum atomic E-state index is 12.5. The van der Waals surface area contributed by atoms with Crippen LogP contribution in [0.3, 0.4) is 0 Å². The lowest BCUT2D eigenvalue weighted by atomic mass is 9.99. The molecule has 1 aromatic rings. The van der Waals surface area contributed by atoms with Crippen molar-refractivity contribution in [1.29, 1.82) is 0 Å². The molecule has 0 unspecified atom stereocenters.